The summed E-state index contributed by atoms with van der Waals surface area (Å²) in [6.45, 7) is 2.00. The van der Waals surface area contributed by atoms with E-state index in [0.29, 0.717) is 11.6 Å². The second-order valence-electron chi connectivity index (χ2n) is 3.79. The summed E-state index contributed by atoms with van der Waals surface area (Å²) in [5.41, 5.74) is 8.94. The molecular formula is C12H13ClN2O. The molecule has 2 aromatic rings. The minimum absolute atomic E-state index is 0.179. The van der Waals surface area contributed by atoms with E-state index in [4.69, 9.17) is 21.8 Å². The third kappa shape index (κ3) is 2.43. The van der Waals surface area contributed by atoms with Gasteiger partial charge in [0.2, 0.25) is 0 Å². The van der Waals surface area contributed by atoms with Crippen molar-refractivity contribution in [2.24, 2.45) is 5.73 Å². The predicted octanol–water partition coefficient (Wildman–Crippen LogP) is 2.88. The van der Waals surface area contributed by atoms with Crippen LogP contribution in [0.5, 0.6) is 0 Å². The first kappa shape index (κ1) is 11.2. The predicted molar refractivity (Wildman–Crippen MR) is 63.3 cm³/mol. The van der Waals surface area contributed by atoms with Crippen molar-refractivity contribution in [1.29, 1.82) is 0 Å². The normalized spacial score (nSPS) is 12.7. The molecular weight excluding hydrogens is 224 g/mol. The van der Waals surface area contributed by atoms with Gasteiger partial charge >= 0.3 is 0 Å². The van der Waals surface area contributed by atoms with Gasteiger partial charge < -0.3 is 10.2 Å². The van der Waals surface area contributed by atoms with Gasteiger partial charge in [-0.3, -0.25) is 4.98 Å². The fourth-order valence-electron chi connectivity index (χ4n) is 1.52. The number of aromatic nitrogens is 1. The van der Waals surface area contributed by atoms with Gasteiger partial charge in [0, 0.05) is 29.9 Å². The summed E-state index contributed by atoms with van der Waals surface area (Å²) in [4.78, 5) is 4.30. The van der Waals surface area contributed by atoms with Crippen molar-refractivity contribution in [3.8, 4) is 0 Å². The van der Waals surface area contributed by atoms with E-state index < -0.39 is 0 Å². The summed E-state index contributed by atoms with van der Waals surface area (Å²) in [5.74, 6) is 0. The lowest BCUT2D eigenvalue weighted by atomic mass is 10.1. The summed E-state index contributed by atoms with van der Waals surface area (Å²) in [5, 5.41) is 0.361. The molecule has 0 aliphatic rings. The minimum atomic E-state index is -0.179. The maximum Gasteiger partial charge on any atom is 0.197 e. The van der Waals surface area contributed by atoms with Crippen LogP contribution in [0.4, 0.5) is 0 Å². The van der Waals surface area contributed by atoms with Gasteiger partial charge in [-0.25, -0.2) is 0 Å². The van der Waals surface area contributed by atoms with E-state index in [1.54, 1.807) is 12.3 Å². The highest BCUT2D eigenvalue weighted by Gasteiger charge is 2.13. The molecule has 2 N–H and O–H groups in total. The van der Waals surface area contributed by atoms with Crippen molar-refractivity contribution in [3.05, 3.63) is 52.7 Å². The van der Waals surface area contributed by atoms with Gasteiger partial charge in [-0.2, -0.15) is 0 Å². The molecule has 0 aromatic carbocycles. The number of furan rings is 1. The fraction of sp³-hybridized carbons (Fsp3) is 0.250. The number of hydrogen-bond acceptors (Lipinski definition) is 3. The van der Waals surface area contributed by atoms with E-state index in [9.17, 15) is 0 Å². The molecule has 84 valence electrons. The lowest BCUT2D eigenvalue weighted by molar-refractivity contribution is 0.560. The molecule has 0 aliphatic heterocycles. The Bertz CT molecular complexity index is 464. The number of pyridine rings is 1. The molecule has 0 radical (unpaired) electrons. The van der Waals surface area contributed by atoms with E-state index in [2.05, 4.69) is 4.98 Å². The molecule has 1 unspecified atom stereocenters. The molecule has 0 fully saturated rings. The SMILES string of the molecule is Cc1ccc(CC(N)c2ccoc2Cl)nc1. The zero-order valence-corrected chi connectivity index (χ0v) is 9.74. The number of rotatable bonds is 3. The smallest absolute Gasteiger partial charge is 0.197 e. The van der Waals surface area contributed by atoms with E-state index >= 15 is 0 Å². The van der Waals surface area contributed by atoms with Crippen LogP contribution < -0.4 is 5.73 Å². The Labute approximate surface area is 99.2 Å². The van der Waals surface area contributed by atoms with Crippen LogP contribution in [-0.4, -0.2) is 4.98 Å². The van der Waals surface area contributed by atoms with Crippen LogP contribution >= 0.6 is 11.6 Å². The van der Waals surface area contributed by atoms with Crippen molar-refractivity contribution < 1.29 is 4.42 Å². The highest BCUT2D eigenvalue weighted by Crippen LogP contribution is 2.24. The van der Waals surface area contributed by atoms with Gasteiger partial charge in [0.15, 0.2) is 5.22 Å². The number of nitrogens with zero attached hydrogens (tertiary/aromatic N) is 1. The Morgan fingerprint density at radius 1 is 1.44 bits per heavy atom. The van der Waals surface area contributed by atoms with Crippen molar-refractivity contribution in [3.63, 3.8) is 0 Å². The van der Waals surface area contributed by atoms with Gasteiger partial charge in [0.05, 0.1) is 6.26 Å². The zero-order valence-electron chi connectivity index (χ0n) is 8.98. The van der Waals surface area contributed by atoms with Crippen molar-refractivity contribution in [1.82, 2.24) is 4.98 Å². The molecule has 0 saturated heterocycles. The summed E-state index contributed by atoms with van der Waals surface area (Å²) in [6.07, 6.45) is 4.03. The average molecular weight is 237 g/mol. The van der Waals surface area contributed by atoms with E-state index in [0.717, 1.165) is 16.8 Å². The van der Waals surface area contributed by atoms with E-state index in [-0.39, 0.29) is 6.04 Å². The maximum atomic E-state index is 6.03. The van der Waals surface area contributed by atoms with Crippen LogP contribution in [0, 0.1) is 6.92 Å². The van der Waals surface area contributed by atoms with Crippen molar-refractivity contribution in [2.45, 2.75) is 19.4 Å². The molecule has 0 aliphatic carbocycles. The molecule has 2 heterocycles. The van der Waals surface area contributed by atoms with Gasteiger partial charge in [0.1, 0.15) is 0 Å². The third-order valence-electron chi connectivity index (χ3n) is 2.45. The Balaban J connectivity index is 2.10. The molecule has 2 rings (SSSR count). The minimum Gasteiger partial charge on any atom is -0.453 e. The average Bonchev–Trinajstić information content (AvgIpc) is 2.68. The quantitative estimate of drug-likeness (QED) is 0.892. The largest absolute Gasteiger partial charge is 0.453 e. The van der Waals surface area contributed by atoms with Crippen molar-refractivity contribution >= 4 is 11.6 Å². The van der Waals surface area contributed by atoms with Gasteiger partial charge in [-0.05, 0) is 36.2 Å². The van der Waals surface area contributed by atoms with Crippen LogP contribution in [0.25, 0.3) is 0 Å². The molecule has 16 heavy (non-hydrogen) atoms. The Morgan fingerprint density at radius 3 is 2.81 bits per heavy atom. The maximum absolute atomic E-state index is 6.03. The van der Waals surface area contributed by atoms with E-state index in [1.807, 2.05) is 25.3 Å². The van der Waals surface area contributed by atoms with E-state index in [1.165, 1.54) is 0 Å². The van der Waals surface area contributed by atoms with Crippen molar-refractivity contribution in [2.75, 3.05) is 0 Å². The molecule has 4 heteroatoms. The molecule has 3 nitrogen and oxygen atoms in total. The number of aryl methyl sites for hydroxylation is 1. The summed E-state index contributed by atoms with van der Waals surface area (Å²) in [6, 6.07) is 5.61. The molecule has 0 spiro atoms. The summed E-state index contributed by atoms with van der Waals surface area (Å²) in [7, 11) is 0. The standard InChI is InChI=1S/C12H13ClN2O/c1-8-2-3-9(15-7-8)6-11(14)10-4-5-16-12(10)13/h2-5,7,11H,6,14H2,1H3. The molecule has 0 bridgehead atoms. The topological polar surface area (TPSA) is 52.0 Å². The Morgan fingerprint density at radius 2 is 2.25 bits per heavy atom. The van der Waals surface area contributed by atoms with Crippen LogP contribution in [0.15, 0.2) is 35.1 Å². The Hall–Kier alpha value is -1.32. The van der Waals surface area contributed by atoms with Gasteiger partial charge in [-0.15, -0.1) is 0 Å². The highest BCUT2D eigenvalue weighted by atomic mass is 35.5. The monoisotopic (exact) mass is 236 g/mol. The number of halogens is 1. The second kappa shape index (κ2) is 4.68. The third-order valence-corrected chi connectivity index (χ3v) is 2.75. The lowest BCUT2D eigenvalue weighted by Gasteiger charge is -2.09. The first-order valence-electron chi connectivity index (χ1n) is 5.07. The molecule has 2 aromatic heterocycles. The number of nitrogens with two attached hydrogens (primary N) is 1. The van der Waals surface area contributed by atoms with Crippen LogP contribution in [0.1, 0.15) is 22.9 Å². The van der Waals surface area contributed by atoms with Gasteiger partial charge in [0.25, 0.3) is 0 Å². The van der Waals surface area contributed by atoms with Crippen LogP contribution in [0.3, 0.4) is 0 Å². The molecule has 0 saturated carbocycles. The highest BCUT2D eigenvalue weighted by molar-refractivity contribution is 6.29. The second-order valence-corrected chi connectivity index (χ2v) is 4.13. The summed E-state index contributed by atoms with van der Waals surface area (Å²) < 4.78 is 5.01. The zero-order chi connectivity index (χ0) is 11.5. The van der Waals surface area contributed by atoms with Crippen LogP contribution in [0.2, 0.25) is 5.22 Å². The first-order chi connectivity index (χ1) is 7.66. The molecule has 1 atom stereocenters. The fourth-order valence-corrected chi connectivity index (χ4v) is 1.78. The first-order valence-corrected chi connectivity index (χ1v) is 5.44. The Kier molecular flexibility index (Phi) is 3.27. The summed E-state index contributed by atoms with van der Waals surface area (Å²) >= 11 is 5.86. The number of hydrogen-bond donors (Lipinski definition) is 1. The molecule has 0 amide bonds. The van der Waals surface area contributed by atoms with Gasteiger partial charge in [-0.1, -0.05) is 6.07 Å². The lowest BCUT2D eigenvalue weighted by Crippen LogP contribution is -2.13. The van der Waals surface area contributed by atoms with Crippen LogP contribution in [-0.2, 0) is 6.42 Å².